The molecule has 2 amide bonds. The van der Waals surface area contributed by atoms with Crippen molar-refractivity contribution in [3.63, 3.8) is 0 Å². The molecule has 0 spiro atoms. The highest BCUT2D eigenvalue weighted by atomic mass is 32.2. The Labute approximate surface area is 153 Å². The number of nitrogens with zero attached hydrogens (tertiary/aromatic N) is 2. The second-order valence-corrected chi connectivity index (χ2v) is 7.62. The van der Waals surface area contributed by atoms with Crippen molar-refractivity contribution < 1.29 is 14.5 Å². The van der Waals surface area contributed by atoms with Crippen LogP contribution in [-0.2, 0) is 11.2 Å². The molecule has 2 aliphatic rings. The third-order valence-electron chi connectivity index (χ3n) is 4.58. The van der Waals surface area contributed by atoms with E-state index < -0.39 is 4.92 Å². The lowest BCUT2D eigenvalue weighted by Crippen LogP contribution is -2.30. The molecule has 1 atom stereocenters. The average Bonchev–Trinajstić information content (AvgIpc) is 3.04. The normalized spacial score (nSPS) is 18.1. The number of fused-ring (bicyclic) bond motifs is 2. The Morgan fingerprint density at radius 2 is 2.12 bits per heavy atom. The third-order valence-corrected chi connectivity index (χ3v) is 5.76. The van der Waals surface area contributed by atoms with Crippen LogP contribution in [0.2, 0.25) is 0 Å². The largest absolute Gasteiger partial charge is 0.324 e. The summed E-state index contributed by atoms with van der Waals surface area (Å²) in [6.07, 6.45) is 0.661. The number of rotatable bonds is 2. The molecule has 1 N–H and O–H groups in total. The van der Waals surface area contributed by atoms with Gasteiger partial charge in [-0.25, -0.2) is 0 Å². The van der Waals surface area contributed by atoms with E-state index in [1.54, 1.807) is 23.1 Å². The van der Waals surface area contributed by atoms with Crippen LogP contribution in [0.5, 0.6) is 0 Å². The Balaban J connectivity index is 1.66. The van der Waals surface area contributed by atoms with Gasteiger partial charge in [0.1, 0.15) is 0 Å². The second-order valence-electron chi connectivity index (χ2n) is 6.24. The fraction of sp³-hybridized carbons (Fsp3) is 0.222. The summed E-state index contributed by atoms with van der Waals surface area (Å²) >= 11 is 1.45. The number of hydrogen-bond acceptors (Lipinski definition) is 5. The summed E-state index contributed by atoms with van der Waals surface area (Å²) in [4.78, 5) is 37.9. The van der Waals surface area contributed by atoms with E-state index in [-0.39, 0.29) is 22.8 Å². The first-order valence-electron chi connectivity index (χ1n) is 8.15. The van der Waals surface area contributed by atoms with Crippen molar-refractivity contribution in [1.29, 1.82) is 0 Å². The molecule has 26 heavy (non-hydrogen) atoms. The molecule has 0 radical (unpaired) electrons. The molecule has 0 aromatic heterocycles. The molecule has 7 nitrogen and oxygen atoms in total. The summed E-state index contributed by atoms with van der Waals surface area (Å²) in [5.74, 6) is -0.320. The fourth-order valence-electron chi connectivity index (χ4n) is 3.19. The van der Waals surface area contributed by atoms with Gasteiger partial charge in [-0.1, -0.05) is 6.07 Å². The van der Waals surface area contributed by atoms with Crippen molar-refractivity contribution in [2.45, 2.75) is 23.5 Å². The van der Waals surface area contributed by atoms with Crippen LogP contribution in [0.15, 0.2) is 41.3 Å². The van der Waals surface area contributed by atoms with Crippen molar-refractivity contribution in [1.82, 2.24) is 0 Å². The molecule has 132 valence electrons. The zero-order valence-corrected chi connectivity index (χ0v) is 14.7. The zero-order valence-electron chi connectivity index (χ0n) is 13.9. The van der Waals surface area contributed by atoms with Crippen molar-refractivity contribution in [2.75, 3.05) is 16.8 Å². The van der Waals surface area contributed by atoms with Crippen LogP contribution in [0.4, 0.5) is 17.1 Å². The van der Waals surface area contributed by atoms with Gasteiger partial charge in [0.25, 0.3) is 11.6 Å². The summed E-state index contributed by atoms with van der Waals surface area (Å²) in [6.45, 7) is 2.31. The molecule has 0 fully saturated rings. The maximum Gasteiger partial charge on any atom is 0.271 e. The Kier molecular flexibility index (Phi) is 3.91. The molecular formula is C18H15N3O4S. The molecule has 2 aromatic rings. The van der Waals surface area contributed by atoms with Gasteiger partial charge >= 0.3 is 0 Å². The molecule has 2 aromatic carbocycles. The maximum absolute atomic E-state index is 13.0. The highest BCUT2D eigenvalue weighted by Crippen LogP contribution is 2.37. The molecular weight excluding hydrogens is 354 g/mol. The molecule has 2 aliphatic heterocycles. The van der Waals surface area contributed by atoms with Crippen LogP contribution in [0, 0.1) is 10.1 Å². The number of thioether (sulfide) groups is 1. The van der Waals surface area contributed by atoms with Crippen LogP contribution in [0.3, 0.4) is 0 Å². The molecule has 0 bridgehead atoms. The second kappa shape index (κ2) is 6.14. The smallest absolute Gasteiger partial charge is 0.271 e. The van der Waals surface area contributed by atoms with Gasteiger partial charge in [-0.3, -0.25) is 19.7 Å². The van der Waals surface area contributed by atoms with E-state index in [9.17, 15) is 19.7 Å². The van der Waals surface area contributed by atoms with Crippen molar-refractivity contribution in [3.05, 3.63) is 57.6 Å². The van der Waals surface area contributed by atoms with Crippen molar-refractivity contribution in [2.24, 2.45) is 0 Å². The van der Waals surface area contributed by atoms with Crippen LogP contribution >= 0.6 is 11.8 Å². The molecule has 0 aliphatic carbocycles. The van der Waals surface area contributed by atoms with E-state index in [2.05, 4.69) is 5.32 Å². The minimum absolute atomic E-state index is 0.0356. The van der Waals surface area contributed by atoms with Gasteiger partial charge in [0, 0.05) is 29.1 Å². The lowest BCUT2D eigenvalue weighted by molar-refractivity contribution is -0.384. The number of nitrogens with one attached hydrogen (secondary N) is 1. The van der Waals surface area contributed by atoms with E-state index in [1.165, 1.54) is 23.9 Å². The van der Waals surface area contributed by atoms with E-state index >= 15 is 0 Å². The third kappa shape index (κ3) is 2.72. The maximum atomic E-state index is 13.0. The Hall–Kier alpha value is -2.87. The number of nitro benzene ring substituents is 1. The topological polar surface area (TPSA) is 92.6 Å². The van der Waals surface area contributed by atoms with Gasteiger partial charge in [0.05, 0.1) is 21.5 Å². The standard InChI is InChI=1S/C18H15N3O4S/c1-10-17(22)19-14-8-12(3-5-16(14)26-10)18(23)20-7-6-11-2-4-13(21(24)25)9-15(11)20/h2-5,8-10H,6-7H2,1H3,(H,19,22)/t10-/m0/s1. The number of amides is 2. The number of anilines is 2. The predicted molar refractivity (Wildman–Crippen MR) is 98.9 cm³/mol. The highest BCUT2D eigenvalue weighted by Gasteiger charge is 2.29. The SMILES string of the molecule is C[C@@H]1Sc2ccc(C(=O)N3CCc4ccc([N+](=O)[O-])cc43)cc2NC1=O. The predicted octanol–water partition coefficient (Wildman–Crippen LogP) is 3.23. The molecule has 0 saturated heterocycles. The summed E-state index contributed by atoms with van der Waals surface area (Å²) in [5, 5.41) is 13.7. The number of nitro groups is 1. The minimum Gasteiger partial charge on any atom is -0.324 e. The first-order valence-corrected chi connectivity index (χ1v) is 9.03. The fourth-order valence-corrected chi connectivity index (χ4v) is 4.12. The van der Waals surface area contributed by atoms with Gasteiger partial charge in [0.2, 0.25) is 5.91 Å². The van der Waals surface area contributed by atoms with E-state index in [0.717, 1.165) is 10.5 Å². The number of carbonyl (C=O) groups is 2. The number of carbonyl (C=O) groups excluding carboxylic acids is 2. The van der Waals surface area contributed by atoms with Crippen molar-refractivity contribution >= 4 is 40.6 Å². The van der Waals surface area contributed by atoms with E-state index in [4.69, 9.17) is 0 Å². The van der Waals surface area contributed by atoms with Crippen LogP contribution in [0.25, 0.3) is 0 Å². The number of benzene rings is 2. The van der Waals surface area contributed by atoms with E-state index in [1.807, 2.05) is 13.0 Å². The Morgan fingerprint density at radius 1 is 1.31 bits per heavy atom. The van der Waals surface area contributed by atoms with Crippen LogP contribution in [0.1, 0.15) is 22.8 Å². The van der Waals surface area contributed by atoms with Gasteiger partial charge < -0.3 is 10.2 Å². The van der Waals surface area contributed by atoms with Crippen molar-refractivity contribution in [3.8, 4) is 0 Å². The van der Waals surface area contributed by atoms with E-state index in [0.29, 0.717) is 29.9 Å². The highest BCUT2D eigenvalue weighted by molar-refractivity contribution is 8.00. The number of non-ortho nitro benzene ring substituents is 1. The first-order chi connectivity index (χ1) is 12.4. The lowest BCUT2D eigenvalue weighted by atomic mass is 10.1. The van der Waals surface area contributed by atoms with Gasteiger partial charge in [-0.15, -0.1) is 11.8 Å². The summed E-state index contributed by atoms with van der Waals surface area (Å²) < 4.78 is 0. The molecule has 2 heterocycles. The summed E-state index contributed by atoms with van der Waals surface area (Å²) in [5.41, 5.74) is 2.53. The Morgan fingerprint density at radius 3 is 2.88 bits per heavy atom. The Bertz CT molecular complexity index is 959. The monoisotopic (exact) mass is 369 g/mol. The minimum atomic E-state index is -0.464. The molecule has 8 heteroatoms. The lowest BCUT2D eigenvalue weighted by Gasteiger charge is -2.23. The van der Waals surface area contributed by atoms with Crippen LogP contribution < -0.4 is 10.2 Å². The zero-order chi connectivity index (χ0) is 18.4. The molecule has 0 unspecified atom stereocenters. The quantitative estimate of drug-likeness (QED) is 0.648. The van der Waals surface area contributed by atoms with Gasteiger partial charge in [-0.2, -0.15) is 0 Å². The summed E-state index contributed by atoms with van der Waals surface area (Å²) in [7, 11) is 0. The first kappa shape index (κ1) is 16.6. The molecule has 4 rings (SSSR count). The van der Waals surface area contributed by atoms with Crippen LogP contribution in [-0.4, -0.2) is 28.5 Å². The van der Waals surface area contributed by atoms with Gasteiger partial charge in [-0.05, 0) is 37.1 Å². The number of hydrogen-bond donors (Lipinski definition) is 1. The average molecular weight is 369 g/mol. The van der Waals surface area contributed by atoms with Gasteiger partial charge in [0.15, 0.2) is 0 Å². The molecule has 0 saturated carbocycles. The summed E-state index contributed by atoms with van der Waals surface area (Å²) in [6, 6.07) is 9.83.